The van der Waals surface area contributed by atoms with Gasteiger partial charge < -0.3 is 18.8 Å². The molecule has 10 nitrogen and oxygen atoms in total. The van der Waals surface area contributed by atoms with Crippen molar-refractivity contribution in [2.75, 3.05) is 26.0 Å². The van der Waals surface area contributed by atoms with E-state index in [2.05, 4.69) is 15.1 Å². The van der Waals surface area contributed by atoms with Gasteiger partial charge in [0.15, 0.2) is 17.1 Å². The molecule has 0 fully saturated rings. The quantitative estimate of drug-likeness (QED) is 0.296. The number of aromatic amines is 1. The number of carbonyl (C=O) groups is 1. The fourth-order valence-corrected chi connectivity index (χ4v) is 5.28. The number of ether oxygens (including phenoxy) is 1. The van der Waals surface area contributed by atoms with Crippen LogP contribution in [0.1, 0.15) is 56.0 Å². The summed E-state index contributed by atoms with van der Waals surface area (Å²) in [5.74, 6) is 0.960. The third kappa shape index (κ3) is 5.46. The lowest BCUT2D eigenvalue weighted by Crippen LogP contribution is -2.16. The van der Waals surface area contributed by atoms with Gasteiger partial charge in [0.1, 0.15) is 17.7 Å². The Morgan fingerprint density at radius 3 is 2.44 bits per heavy atom. The van der Waals surface area contributed by atoms with E-state index < -0.39 is 19.5 Å². The number of hydrogen-bond acceptors (Lipinski definition) is 8. The fourth-order valence-electron chi connectivity index (χ4n) is 3.70. The molecule has 0 aliphatic heterocycles. The first-order chi connectivity index (χ1) is 16.3. The van der Waals surface area contributed by atoms with Crippen molar-refractivity contribution in [2.45, 2.75) is 47.5 Å². The Morgan fingerprint density at radius 1 is 1.12 bits per heavy atom. The van der Waals surface area contributed by atoms with Crippen molar-refractivity contribution in [1.82, 2.24) is 19.6 Å². The lowest BCUT2D eigenvalue weighted by Gasteiger charge is -2.17. The van der Waals surface area contributed by atoms with E-state index in [1.807, 2.05) is 13.8 Å². The molecule has 0 saturated heterocycles. The summed E-state index contributed by atoms with van der Waals surface area (Å²) in [7, 11) is -3.57. The molecule has 3 aromatic rings. The molecule has 184 valence electrons. The van der Waals surface area contributed by atoms with Crippen LogP contribution in [0, 0.1) is 6.92 Å². The summed E-state index contributed by atoms with van der Waals surface area (Å²) in [5.41, 5.74) is 1.35. The molecule has 0 aliphatic rings. The number of rotatable bonds is 12. The summed E-state index contributed by atoms with van der Waals surface area (Å²) >= 11 is 0. The van der Waals surface area contributed by atoms with Crippen molar-refractivity contribution in [3.05, 3.63) is 45.6 Å². The van der Waals surface area contributed by atoms with Crippen molar-refractivity contribution in [3.63, 3.8) is 0 Å². The Balaban J connectivity index is 2.11. The van der Waals surface area contributed by atoms with Crippen LogP contribution in [-0.4, -0.2) is 51.3 Å². The highest BCUT2D eigenvalue weighted by Crippen LogP contribution is 2.48. The summed E-state index contributed by atoms with van der Waals surface area (Å²) in [6, 6.07) is 4.79. The zero-order chi connectivity index (χ0) is 24.9. The lowest BCUT2D eigenvalue weighted by molar-refractivity contribution is 0.100. The van der Waals surface area contributed by atoms with Crippen molar-refractivity contribution in [1.29, 1.82) is 0 Å². The van der Waals surface area contributed by atoms with Gasteiger partial charge in [-0.25, -0.2) is 9.50 Å². The van der Waals surface area contributed by atoms with E-state index in [4.69, 9.17) is 13.8 Å². The number of Topliss-reactive ketones (excluding diaryl/α,β-unsaturated/α-hetero) is 1. The number of fused-ring (bicyclic) bond motifs is 1. The van der Waals surface area contributed by atoms with Gasteiger partial charge in [0.25, 0.3) is 5.56 Å². The minimum atomic E-state index is -3.57. The third-order valence-electron chi connectivity index (χ3n) is 5.06. The van der Waals surface area contributed by atoms with Crippen LogP contribution >= 0.6 is 7.60 Å². The molecule has 0 radical (unpaired) electrons. The number of H-pyrrole nitrogens is 1. The van der Waals surface area contributed by atoms with E-state index >= 15 is 0 Å². The Kier molecular flexibility index (Phi) is 8.41. The standard InChI is InChI=1S/C23H31N4O6P/c1-6-10-20-24-15(5)21-23(29)25-22(26-27(20)21)17-13-16(11-12-19(17)31-7-2)18(28)14-34(30,32-8-3)33-9-4/h11-13H,6-10,14H2,1-5H3,(H,25,26,29). The Morgan fingerprint density at radius 2 is 1.82 bits per heavy atom. The van der Waals surface area contributed by atoms with E-state index in [9.17, 15) is 14.2 Å². The zero-order valence-electron chi connectivity index (χ0n) is 20.2. The number of nitrogens with one attached hydrogen (secondary N) is 1. The van der Waals surface area contributed by atoms with Crippen LogP contribution in [0.4, 0.5) is 0 Å². The maximum absolute atomic E-state index is 13.0. The monoisotopic (exact) mass is 490 g/mol. The number of benzene rings is 1. The van der Waals surface area contributed by atoms with Gasteiger partial charge in [-0.1, -0.05) is 6.92 Å². The number of imidazole rings is 1. The molecule has 3 rings (SSSR count). The predicted octanol–water partition coefficient (Wildman–Crippen LogP) is 4.19. The average Bonchev–Trinajstić information content (AvgIpc) is 3.10. The van der Waals surface area contributed by atoms with Crippen molar-refractivity contribution < 1.29 is 23.1 Å². The number of ketones is 1. The molecule has 0 amide bonds. The predicted molar refractivity (Wildman–Crippen MR) is 129 cm³/mol. The number of hydrogen-bond donors (Lipinski definition) is 1. The summed E-state index contributed by atoms with van der Waals surface area (Å²) < 4.78 is 30.7. The minimum absolute atomic E-state index is 0.161. The Hall–Kier alpha value is -2.81. The molecule has 2 aromatic heterocycles. The van der Waals surface area contributed by atoms with Gasteiger partial charge in [0, 0.05) is 12.0 Å². The van der Waals surface area contributed by atoms with Gasteiger partial charge in [-0.15, -0.1) is 5.10 Å². The van der Waals surface area contributed by atoms with Crippen molar-refractivity contribution >= 4 is 18.9 Å². The molecule has 1 aromatic carbocycles. The highest BCUT2D eigenvalue weighted by molar-refractivity contribution is 7.54. The van der Waals surface area contributed by atoms with Gasteiger partial charge in [-0.2, -0.15) is 0 Å². The van der Waals surface area contributed by atoms with Crippen molar-refractivity contribution in [2.24, 2.45) is 0 Å². The maximum Gasteiger partial charge on any atom is 0.338 e. The molecular formula is C23H31N4O6P. The van der Waals surface area contributed by atoms with Crippen LogP contribution in [0.25, 0.3) is 16.9 Å². The Labute approximate surface area is 198 Å². The van der Waals surface area contributed by atoms with E-state index in [0.717, 1.165) is 6.42 Å². The zero-order valence-corrected chi connectivity index (χ0v) is 21.1. The van der Waals surface area contributed by atoms with Gasteiger partial charge in [0.2, 0.25) is 0 Å². The number of carbonyl (C=O) groups excluding carboxylic acids is 1. The number of aryl methyl sites for hydroxylation is 2. The van der Waals surface area contributed by atoms with E-state index in [-0.39, 0.29) is 30.2 Å². The molecule has 0 aliphatic carbocycles. The topological polar surface area (TPSA) is 125 Å². The first kappa shape index (κ1) is 25.8. The van der Waals surface area contributed by atoms with Crippen LogP contribution in [-0.2, 0) is 20.0 Å². The van der Waals surface area contributed by atoms with Gasteiger partial charge in [-0.3, -0.25) is 14.2 Å². The van der Waals surface area contributed by atoms with E-state index in [1.165, 1.54) is 0 Å². The maximum atomic E-state index is 13.0. The number of aromatic nitrogens is 4. The molecule has 0 spiro atoms. The lowest BCUT2D eigenvalue weighted by atomic mass is 10.1. The summed E-state index contributed by atoms with van der Waals surface area (Å²) in [4.78, 5) is 33.2. The first-order valence-corrected chi connectivity index (χ1v) is 13.2. The van der Waals surface area contributed by atoms with Gasteiger partial charge in [0.05, 0.1) is 31.1 Å². The molecule has 34 heavy (non-hydrogen) atoms. The second kappa shape index (κ2) is 11.1. The Bertz CT molecular complexity index is 1270. The molecule has 2 heterocycles. The van der Waals surface area contributed by atoms with Crippen LogP contribution in [0.3, 0.4) is 0 Å². The largest absolute Gasteiger partial charge is 0.493 e. The highest BCUT2D eigenvalue weighted by atomic mass is 31.2. The van der Waals surface area contributed by atoms with Crippen LogP contribution < -0.4 is 10.3 Å². The van der Waals surface area contributed by atoms with Gasteiger partial charge >= 0.3 is 7.60 Å². The normalized spacial score (nSPS) is 11.8. The molecule has 0 atom stereocenters. The molecule has 1 N–H and O–H groups in total. The SMILES string of the molecule is CCCc1nc(C)c2c(=O)[nH]c(-c3cc(C(=O)CP(=O)(OCC)OCC)ccc3OCC)nn12. The van der Waals surface area contributed by atoms with E-state index in [0.29, 0.717) is 41.4 Å². The summed E-state index contributed by atoms with van der Waals surface area (Å²) in [6.07, 6.45) is 1.11. The molecule has 0 bridgehead atoms. The second-order valence-corrected chi connectivity index (χ2v) is 9.65. The van der Waals surface area contributed by atoms with Crippen LogP contribution in [0.5, 0.6) is 5.75 Å². The molecular weight excluding hydrogens is 459 g/mol. The molecule has 11 heteroatoms. The smallest absolute Gasteiger partial charge is 0.338 e. The summed E-state index contributed by atoms with van der Waals surface area (Å²) in [5, 5.41) is 4.63. The summed E-state index contributed by atoms with van der Waals surface area (Å²) in [6.45, 7) is 9.70. The molecule has 0 unspecified atom stereocenters. The second-order valence-electron chi connectivity index (χ2n) is 7.60. The minimum Gasteiger partial charge on any atom is -0.493 e. The number of nitrogens with zero attached hydrogens (tertiary/aromatic N) is 3. The fraction of sp³-hybridized carbons (Fsp3) is 0.478. The highest BCUT2D eigenvalue weighted by Gasteiger charge is 2.29. The van der Waals surface area contributed by atoms with Crippen molar-refractivity contribution in [3.8, 4) is 17.1 Å². The first-order valence-electron chi connectivity index (χ1n) is 11.4. The molecule has 0 saturated carbocycles. The average molecular weight is 490 g/mol. The van der Waals surface area contributed by atoms with Crippen LogP contribution in [0.15, 0.2) is 23.0 Å². The van der Waals surface area contributed by atoms with E-state index in [1.54, 1.807) is 43.5 Å². The van der Waals surface area contributed by atoms with Gasteiger partial charge in [-0.05, 0) is 52.3 Å². The van der Waals surface area contributed by atoms with Crippen LogP contribution in [0.2, 0.25) is 0 Å². The third-order valence-corrected chi connectivity index (χ3v) is 7.04.